The molecule has 2 N–H and O–H groups in total. The Hall–Kier alpha value is -2.10. The zero-order valence-electron chi connectivity index (χ0n) is 17.1. The van der Waals surface area contributed by atoms with Crippen molar-refractivity contribution in [3.8, 4) is 0 Å². The molecule has 0 spiro atoms. The van der Waals surface area contributed by atoms with Crippen LogP contribution < -0.4 is 10.6 Å². The molecule has 2 rings (SSSR count). The number of carbonyl (C=O) groups excluding carboxylic acids is 1. The Morgan fingerprint density at radius 2 is 2.07 bits per heavy atom. The third-order valence-electron chi connectivity index (χ3n) is 3.99. The molecule has 1 aromatic heterocycles. The third-order valence-corrected chi connectivity index (χ3v) is 3.99. The van der Waals surface area contributed by atoms with E-state index in [0.717, 1.165) is 43.1 Å². The summed E-state index contributed by atoms with van der Waals surface area (Å²) >= 11 is 0. The molecule has 154 valence electrons. The van der Waals surface area contributed by atoms with Gasteiger partial charge in [-0.3, -0.25) is 14.5 Å². The van der Waals surface area contributed by atoms with Crippen molar-refractivity contribution >= 4 is 35.8 Å². The number of amides is 1. The number of aromatic nitrogens is 2. The molecule has 0 unspecified atom stereocenters. The van der Waals surface area contributed by atoms with Crippen LogP contribution in [0.5, 0.6) is 0 Å². The average Bonchev–Trinajstić information content (AvgIpc) is 3.06. The molecule has 1 amide bonds. The Labute approximate surface area is 184 Å². The lowest BCUT2D eigenvalue weighted by Gasteiger charge is -2.12. The van der Waals surface area contributed by atoms with Crippen molar-refractivity contribution in [2.24, 2.45) is 4.99 Å². The van der Waals surface area contributed by atoms with Gasteiger partial charge in [-0.25, -0.2) is 0 Å². The molecule has 8 heteroatoms. The van der Waals surface area contributed by atoms with E-state index in [0.29, 0.717) is 12.1 Å². The van der Waals surface area contributed by atoms with Gasteiger partial charge in [0.15, 0.2) is 5.96 Å². The smallest absolute Gasteiger partial charge is 0.253 e. The first kappa shape index (κ1) is 23.9. The van der Waals surface area contributed by atoms with Gasteiger partial charge in [-0.15, -0.1) is 24.0 Å². The Bertz CT molecular complexity index is 772. The number of aliphatic imine (C=N–C) groups is 1. The molecular weight excluding hydrogens is 467 g/mol. The molecule has 1 aromatic carbocycles. The van der Waals surface area contributed by atoms with E-state index in [-0.39, 0.29) is 29.9 Å². The van der Waals surface area contributed by atoms with Gasteiger partial charge < -0.3 is 15.5 Å². The fraction of sp³-hybridized carbons (Fsp3) is 0.450. The van der Waals surface area contributed by atoms with Crippen LogP contribution in [0.25, 0.3) is 0 Å². The minimum absolute atomic E-state index is 0. The molecule has 0 aliphatic carbocycles. The van der Waals surface area contributed by atoms with Crippen molar-refractivity contribution in [3.05, 3.63) is 53.3 Å². The standard InChI is InChI=1S/C20H30N6O.HI/c1-5-21-20(23-11-12-26-15-16(2)14-24-26)22-10-9-17-7-6-8-18(13-17)19(27)25(3)4;/h6-8,13-15H,5,9-12H2,1-4H3,(H2,21,22,23);1H. The second kappa shape index (κ2) is 12.4. The molecule has 0 radical (unpaired) electrons. The zero-order valence-corrected chi connectivity index (χ0v) is 19.4. The van der Waals surface area contributed by atoms with Crippen LogP contribution in [0.1, 0.15) is 28.4 Å². The lowest BCUT2D eigenvalue weighted by atomic mass is 10.1. The predicted molar refractivity (Wildman–Crippen MR) is 125 cm³/mol. The summed E-state index contributed by atoms with van der Waals surface area (Å²) in [6.07, 6.45) is 4.66. The van der Waals surface area contributed by atoms with Crippen LogP contribution in [-0.4, -0.2) is 60.3 Å². The van der Waals surface area contributed by atoms with Gasteiger partial charge in [-0.05, 0) is 43.5 Å². The Kier molecular flexibility index (Phi) is 10.6. The van der Waals surface area contributed by atoms with Crippen molar-refractivity contribution in [3.63, 3.8) is 0 Å². The summed E-state index contributed by atoms with van der Waals surface area (Å²) in [7, 11) is 3.52. The Morgan fingerprint density at radius 1 is 1.29 bits per heavy atom. The van der Waals surface area contributed by atoms with E-state index in [2.05, 4.69) is 20.7 Å². The van der Waals surface area contributed by atoms with Crippen LogP contribution in [-0.2, 0) is 13.0 Å². The van der Waals surface area contributed by atoms with E-state index in [9.17, 15) is 4.79 Å². The van der Waals surface area contributed by atoms with Crippen LogP contribution in [0.4, 0.5) is 0 Å². The summed E-state index contributed by atoms with van der Waals surface area (Å²) in [6.45, 7) is 7.07. The molecule has 2 aromatic rings. The number of hydrogen-bond acceptors (Lipinski definition) is 3. The van der Waals surface area contributed by atoms with Gasteiger partial charge in [0.1, 0.15) is 0 Å². The zero-order chi connectivity index (χ0) is 19.6. The van der Waals surface area contributed by atoms with E-state index in [1.54, 1.807) is 19.0 Å². The molecular formula is C20H31IN6O. The normalized spacial score (nSPS) is 10.9. The van der Waals surface area contributed by atoms with Crippen molar-refractivity contribution in [2.75, 3.05) is 33.7 Å². The summed E-state index contributed by atoms with van der Waals surface area (Å²) in [5.74, 6) is 0.811. The average molecular weight is 498 g/mol. The van der Waals surface area contributed by atoms with Crippen molar-refractivity contribution in [1.29, 1.82) is 0 Å². The monoisotopic (exact) mass is 498 g/mol. The third kappa shape index (κ3) is 7.87. The van der Waals surface area contributed by atoms with Crippen LogP contribution in [0.3, 0.4) is 0 Å². The summed E-state index contributed by atoms with van der Waals surface area (Å²) < 4.78 is 1.92. The van der Waals surface area contributed by atoms with E-state index in [1.165, 1.54) is 0 Å². The van der Waals surface area contributed by atoms with Gasteiger partial charge >= 0.3 is 0 Å². The molecule has 0 aliphatic heterocycles. The first-order chi connectivity index (χ1) is 13.0. The van der Waals surface area contributed by atoms with Crippen LogP contribution in [0.15, 0.2) is 41.7 Å². The second-order valence-corrected chi connectivity index (χ2v) is 6.62. The molecule has 0 fully saturated rings. The molecule has 0 saturated carbocycles. The van der Waals surface area contributed by atoms with Gasteiger partial charge in [-0.1, -0.05) is 12.1 Å². The molecule has 28 heavy (non-hydrogen) atoms. The summed E-state index contributed by atoms with van der Waals surface area (Å²) in [5.41, 5.74) is 2.97. The fourth-order valence-corrected chi connectivity index (χ4v) is 2.63. The summed E-state index contributed by atoms with van der Waals surface area (Å²) in [6, 6.07) is 7.74. The Morgan fingerprint density at radius 3 is 2.71 bits per heavy atom. The first-order valence-electron chi connectivity index (χ1n) is 9.31. The number of halogens is 1. The second-order valence-electron chi connectivity index (χ2n) is 6.62. The summed E-state index contributed by atoms with van der Waals surface area (Å²) in [4.78, 5) is 18.3. The minimum atomic E-state index is 0. The van der Waals surface area contributed by atoms with Gasteiger partial charge in [0.25, 0.3) is 5.91 Å². The SMILES string of the molecule is CCNC(=NCCc1cccc(C(=O)N(C)C)c1)NCCn1cc(C)cn1.I. The minimum Gasteiger partial charge on any atom is -0.357 e. The van der Waals surface area contributed by atoms with Gasteiger partial charge in [0, 0.05) is 45.5 Å². The number of nitrogens with one attached hydrogen (secondary N) is 2. The maximum Gasteiger partial charge on any atom is 0.253 e. The van der Waals surface area contributed by atoms with Crippen molar-refractivity contribution in [1.82, 2.24) is 25.3 Å². The quantitative estimate of drug-likeness (QED) is 0.333. The number of nitrogens with zero attached hydrogens (tertiary/aromatic N) is 4. The number of aryl methyl sites for hydroxylation is 1. The van der Waals surface area contributed by atoms with Crippen LogP contribution in [0, 0.1) is 6.92 Å². The van der Waals surface area contributed by atoms with E-state index < -0.39 is 0 Å². The van der Waals surface area contributed by atoms with Crippen molar-refractivity contribution < 1.29 is 4.79 Å². The predicted octanol–water partition coefficient (Wildman–Crippen LogP) is 2.31. The highest BCUT2D eigenvalue weighted by molar-refractivity contribution is 14.0. The lowest BCUT2D eigenvalue weighted by molar-refractivity contribution is 0.0827. The maximum absolute atomic E-state index is 12.1. The Balaban J connectivity index is 0.00000392. The number of benzene rings is 1. The fourth-order valence-electron chi connectivity index (χ4n) is 2.63. The largest absolute Gasteiger partial charge is 0.357 e. The van der Waals surface area contributed by atoms with Crippen molar-refractivity contribution in [2.45, 2.75) is 26.8 Å². The van der Waals surface area contributed by atoms with Crippen LogP contribution in [0.2, 0.25) is 0 Å². The van der Waals surface area contributed by atoms with Crippen LogP contribution >= 0.6 is 24.0 Å². The summed E-state index contributed by atoms with van der Waals surface area (Å²) in [5, 5.41) is 10.9. The topological polar surface area (TPSA) is 74.6 Å². The maximum atomic E-state index is 12.1. The highest BCUT2D eigenvalue weighted by Gasteiger charge is 2.08. The van der Waals surface area contributed by atoms with E-state index in [4.69, 9.17) is 0 Å². The number of guanidine groups is 1. The number of hydrogen-bond donors (Lipinski definition) is 2. The molecule has 7 nitrogen and oxygen atoms in total. The van der Waals surface area contributed by atoms with Gasteiger partial charge in [0.2, 0.25) is 0 Å². The van der Waals surface area contributed by atoms with Gasteiger partial charge in [-0.2, -0.15) is 5.10 Å². The molecule has 0 atom stereocenters. The lowest BCUT2D eigenvalue weighted by Crippen LogP contribution is -2.39. The van der Waals surface area contributed by atoms with Gasteiger partial charge in [0.05, 0.1) is 12.7 Å². The number of rotatable bonds is 8. The molecule has 0 bridgehead atoms. The highest BCUT2D eigenvalue weighted by Crippen LogP contribution is 2.08. The molecule has 0 saturated heterocycles. The molecule has 0 aliphatic rings. The molecule has 1 heterocycles. The number of carbonyl (C=O) groups is 1. The van der Waals surface area contributed by atoms with E-state index in [1.807, 2.05) is 55.2 Å². The van der Waals surface area contributed by atoms with E-state index >= 15 is 0 Å². The first-order valence-corrected chi connectivity index (χ1v) is 9.31. The highest BCUT2D eigenvalue weighted by atomic mass is 127.